The number of nitrogens with one attached hydrogen (secondary N) is 1. The van der Waals surface area contributed by atoms with Crippen molar-refractivity contribution in [2.24, 2.45) is 5.14 Å². The molecule has 0 aromatic heterocycles. The van der Waals surface area contributed by atoms with Crippen molar-refractivity contribution in [3.8, 4) is 12.3 Å². The highest BCUT2D eigenvalue weighted by molar-refractivity contribution is 7.89. The Balaban J connectivity index is 2.97. The molecule has 0 atom stereocenters. The van der Waals surface area contributed by atoms with Gasteiger partial charge in [-0.05, 0) is 18.2 Å². The first-order valence-corrected chi connectivity index (χ1v) is 5.39. The maximum absolute atomic E-state index is 11.0. The molecule has 14 heavy (non-hydrogen) atoms. The van der Waals surface area contributed by atoms with E-state index in [9.17, 15) is 8.42 Å². The van der Waals surface area contributed by atoms with E-state index in [-0.39, 0.29) is 4.90 Å². The molecule has 4 nitrogen and oxygen atoms in total. The van der Waals surface area contributed by atoms with Gasteiger partial charge in [-0.15, -0.1) is 6.42 Å². The molecule has 0 radical (unpaired) electrons. The highest BCUT2D eigenvalue weighted by atomic mass is 32.2. The molecule has 0 saturated heterocycles. The molecule has 0 saturated carbocycles. The van der Waals surface area contributed by atoms with Crippen LogP contribution < -0.4 is 10.5 Å². The van der Waals surface area contributed by atoms with Crippen LogP contribution in [0.4, 0.5) is 5.69 Å². The summed E-state index contributed by atoms with van der Waals surface area (Å²) in [6.45, 7) is 0.341. The molecule has 0 spiro atoms. The van der Waals surface area contributed by atoms with Crippen molar-refractivity contribution >= 4 is 15.7 Å². The molecule has 1 aromatic carbocycles. The fourth-order valence-electron chi connectivity index (χ4n) is 0.936. The molecule has 0 aliphatic carbocycles. The second kappa shape index (κ2) is 4.13. The van der Waals surface area contributed by atoms with Crippen LogP contribution in [0.1, 0.15) is 0 Å². The van der Waals surface area contributed by atoms with Gasteiger partial charge in [-0.2, -0.15) is 0 Å². The smallest absolute Gasteiger partial charge is 0.238 e. The molecular formula is C9H10N2O2S. The Morgan fingerprint density at radius 1 is 1.50 bits per heavy atom. The van der Waals surface area contributed by atoms with E-state index in [0.717, 1.165) is 0 Å². The van der Waals surface area contributed by atoms with E-state index in [1.165, 1.54) is 12.1 Å². The monoisotopic (exact) mass is 210 g/mol. The molecule has 0 bridgehead atoms. The summed E-state index contributed by atoms with van der Waals surface area (Å²) in [4.78, 5) is 0.0690. The number of hydrogen-bond donors (Lipinski definition) is 2. The van der Waals surface area contributed by atoms with Crippen molar-refractivity contribution in [1.82, 2.24) is 0 Å². The van der Waals surface area contributed by atoms with Crippen LogP contribution in [-0.2, 0) is 10.0 Å². The first kappa shape index (κ1) is 10.6. The molecule has 1 rings (SSSR count). The van der Waals surface area contributed by atoms with E-state index in [4.69, 9.17) is 11.6 Å². The number of anilines is 1. The Hall–Kier alpha value is -1.51. The van der Waals surface area contributed by atoms with E-state index in [1.807, 2.05) is 0 Å². The molecule has 5 heteroatoms. The normalized spacial score (nSPS) is 10.6. The van der Waals surface area contributed by atoms with Crippen molar-refractivity contribution < 1.29 is 8.42 Å². The van der Waals surface area contributed by atoms with Crippen LogP contribution >= 0.6 is 0 Å². The zero-order valence-corrected chi connectivity index (χ0v) is 8.21. The van der Waals surface area contributed by atoms with Gasteiger partial charge in [0.05, 0.1) is 11.4 Å². The maximum atomic E-state index is 11.0. The molecule has 1 aromatic rings. The van der Waals surface area contributed by atoms with Gasteiger partial charge >= 0.3 is 0 Å². The molecular weight excluding hydrogens is 200 g/mol. The van der Waals surface area contributed by atoms with Crippen molar-refractivity contribution in [1.29, 1.82) is 0 Å². The lowest BCUT2D eigenvalue weighted by Gasteiger charge is -2.03. The zero-order chi connectivity index (χ0) is 10.6. The molecule has 3 N–H and O–H groups in total. The topological polar surface area (TPSA) is 72.2 Å². The summed E-state index contributed by atoms with van der Waals surface area (Å²) < 4.78 is 21.9. The summed E-state index contributed by atoms with van der Waals surface area (Å²) in [6, 6.07) is 6.17. The van der Waals surface area contributed by atoms with Gasteiger partial charge in [0.25, 0.3) is 0 Å². The first-order valence-electron chi connectivity index (χ1n) is 3.84. The SMILES string of the molecule is C#CCNc1cccc(S(N)(=O)=O)c1. The largest absolute Gasteiger partial charge is 0.374 e. The summed E-state index contributed by atoms with van der Waals surface area (Å²) in [5.41, 5.74) is 0.634. The summed E-state index contributed by atoms with van der Waals surface area (Å²) in [7, 11) is -3.64. The third-order valence-corrected chi connectivity index (χ3v) is 2.47. The Labute approximate surface area is 83.2 Å². The van der Waals surface area contributed by atoms with Gasteiger partial charge in [0.1, 0.15) is 0 Å². The summed E-state index contributed by atoms with van der Waals surface area (Å²) >= 11 is 0. The predicted molar refractivity (Wildman–Crippen MR) is 55.1 cm³/mol. The molecule has 0 amide bonds. The van der Waals surface area contributed by atoms with Gasteiger partial charge in [-0.25, -0.2) is 13.6 Å². The minimum atomic E-state index is -3.64. The van der Waals surface area contributed by atoms with Crippen LogP contribution in [0.15, 0.2) is 29.2 Å². The standard InChI is InChI=1S/C9H10N2O2S/c1-2-6-11-8-4-3-5-9(7-8)14(10,12)13/h1,3-5,7,11H,6H2,(H2,10,12,13). The Kier molecular flexibility index (Phi) is 3.12. The third-order valence-electron chi connectivity index (χ3n) is 1.56. The van der Waals surface area contributed by atoms with Crippen LogP contribution in [-0.4, -0.2) is 15.0 Å². The van der Waals surface area contributed by atoms with Gasteiger partial charge in [-0.3, -0.25) is 0 Å². The lowest BCUT2D eigenvalue weighted by Crippen LogP contribution is -2.12. The van der Waals surface area contributed by atoms with E-state index in [2.05, 4.69) is 11.2 Å². The van der Waals surface area contributed by atoms with Gasteiger partial charge < -0.3 is 5.32 Å². The average Bonchev–Trinajstić information content (AvgIpc) is 2.14. The number of rotatable bonds is 3. The minimum Gasteiger partial charge on any atom is -0.374 e. The number of nitrogens with two attached hydrogens (primary N) is 1. The van der Waals surface area contributed by atoms with E-state index >= 15 is 0 Å². The Bertz CT molecular complexity index is 460. The molecule has 0 aliphatic rings. The third kappa shape index (κ3) is 2.76. The molecule has 0 heterocycles. The fraction of sp³-hybridized carbons (Fsp3) is 0.111. The summed E-state index contributed by atoms with van der Waals surface area (Å²) in [5, 5.41) is 7.81. The number of terminal acetylenes is 1. The van der Waals surface area contributed by atoms with Crippen LogP contribution in [0, 0.1) is 12.3 Å². The fourth-order valence-corrected chi connectivity index (χ4v) is 1.50. The maximum Gasteiger partial charge on any atom is 0.238 e. The Morgan fingerprint density at radius 2 is 2.21 bits per heavy atom. The van der Waals surface area contributed by atoms with E-state index < -0.39 is 10.0 Å². The van der Waals surface area contributed by atoms with Crippen LogP contribution in [0.3, 0.4) is 0 Å². The van der Waals surface area contributed by atoms with Crippen molar-refractivity contribution in [2.75, 3.05) is 11.9 Å². The lowest BCUT2D eigenvalue weighted by molar-refractivity contribution is 0.598. The van der Waals surface area contributed by atoms with Crippen LogP contribution in [0.5, 0.6) is 0 Å². The lowest BCUT2D eigenvalue weighted by atomic mass is 10.3. The van der Waals surface area contributed by atoms with Crippen LogP contribution in [0.25, 0.3) is 0 Å². The highest BCUT2D eigenvalue weighted by Crippen LogP contribution is 2.13. The Morgan fingerprint density at radius 3 is 2.79 bits per heavy atom. The van der Waals surface area contributed by atoms with Crippen LogP contribution in [0.2, 0.25) is 0 Å². The van der Waals surface area contributed by atoms with E-state index in [0.29, 0.717) is 12.2 Å². The summed E-state index contributed by atoms with van der Waals surface area (Å²) in [5.74, 6) is 2.38. The van der Waals surface area contributed by atoms with Crippen molar-refractivity contribution in [3.63, 3.8) is 0 Å². The molecule has 0 unspecified atom stereocenters. The quantitative estimate of drug-likeness (QED) is 0.708. The second-order valence-electron chi connectivity index (χ2n) is 2.63. The average molecular weight is 210 g/mol. The van der Waals surface area contributed by atoms with Gasteiger partial charge in [-0.1, -0.05) is 12.0 Å². The van der Waals surface area contributed by atoms with Gasteiger partial charge in [0.15, 0.2) is 0 Å². The predicted octanol–water partition coefficient (Wildman–Crippen LogP) is 0.379. The molecule has 0 fully saturated rings. The molecule has 0 aliphatic heterocycles. The molecule has 74 valence electrons. The second-order valence-corrected chi connectivity index (χ2v) is 4.19. The minimum absolute atomic E-state index is 0.0690. The number of hydrogen-bond acceptors (Lipinski definition) is 3. The number of primary sulfonamides is 1. The number of sulfonamides is 1. The zero-order valence-electron chi connectivity index (χ0n) is 7.40. The van der Waals surface area contributed by atoms with Crippen molar-refractivity contribution in [3.05, 3.63) is 24.3 Å². The van der Waals surface area contributed by atoms with Crippen molar-refractivity contribution in [2.45, 2.75) is 4.90 Å². The van der Waals surface area contributed by atoms with Gasteiger partial charge in [0, 0.05) is 5.69 Å². The highest BCUT2D eigenvalue weighted by Gasteiger charge is 2.06. The first-order chi connectivity index (χ1) is 6.54. The number of benzene rings is 1. The summed E-state index contributed by atoms with van der Waals surface area (Å²) in [6.07, 6.45) is 5.04. The van der Waals surface area contributed by atoms with E-state index in [1.54, 1.807) is 12.1 Å². The van der Waals surface area contributed by atoms with Gasteiger partial charge in [0.2, 0.25) is 10.0 Å².